The fraction of sp³-hybridized carbons (Fsp3) is 0.533. The number of hydrogen-bond donors (Lipinski definition) is 1. The molecule has 6 heteroatoms. The normalized spacial score (nSPS) is 25.6. The Balaban J connectivity index is 1.87. The lowest BCUT2D eigenvalue weighted by Gasteiger charge is -2.29. The molecular formula is C15H17BrF2N2O. The highest BCUT2D eigenvalue weighted by atomic mass is 79.9. The first-order valence-electron chi connectivity index (χ1n) is 7.27. The molecule has 0 saturated carbocycles. The van der Waals surface area contributed by atoms with Crippen molar-refractivity contribution in [2.75, 3.05) is 13.1 Å². The van der Waals surface area contributed by atoms with Gasteiger partial charge in [-0.05, 0) is 44.4 Å². The van der Waals surface area contributed by atoms with Crippen molar-refractivity contribution < 1.29 is 13.6 Å². The second-order valence-electron chi connectivity index (χ2n) is 5.66. The monoisotopic (exact) mass is 358 g/mol. The highest BCUT2D eigenvalue weighted by Gasteiger charge is 2.37. The lowest BCUT2D eigenvalue weighted by Crippen LogP contribution is -2.47. The van der Waals surface area contributed by atoms with E-state index in [4.69, 9.17) is 0 Å². The van der Waals surface area contributed by atoms with E-state index in [1.807, 2.05) is 0 Å². The first kappa shape index (κ1) is 14.9. The number of nitrogens with zero attached hydrogens (tertiary/aromatic N) is 1. The SMILES string of the molecule is O=C(c1c(F)cc(Br)cc1F)N1CCCC1C1CCCN1. The smallest absolute Gasteiger partial charge is 0.260 e. The predicted molar refractivity (Wildman–Crippen MR) is 79.1 cm³/mol. The second kappa shape index (κ2) is 6.01. The molecule has 21 heavy (non-hydrogen) atoms. The van der Waals surface area contributed by atoms with Gasteiger partial charge in [0.05, 0.1) is 0 Å². The van der Waals surface area contributed by atoms with Gasteiger partial charge in [-0.15, -0.1) is 0 Å². The van der Waals surface area contributed by atoms with Crippen molar-refractivity contribution in [3.8, 4) is 0 Å². The molecule has 0 bridgehead atoms. The van der Waals surface area contributed by atoms with Crippen LogP contribution in [0.3, 0.4) is 0 Å². The van der Waals surface area contributed by atoms with Crippen LogP contribution in [0, 0.1) is 11.6 Å². The molecule has 2 atom stereocenters. The number of carbonyl (C=O) groups excluding carboxylic acids is 1. The summed E-state index contributed by atoms with van der Waals surface area (Å²) in [6.07, 6.45) is 3.88. The van der Waals surface area contributed by atoms with E-state index in [2.05, 4.69) is 21.2 Å². The van der Waals surface area contributed by atoms with Gasteiger partial charge in [0.2, 0.25) is 0 Å². The standard InChI is InChI=1S/C15H17BrF2N2O/c16-9-7-10(17)14(11(18)8-9)15(21)20-6-2-4-13(20)12-3-1-5-19-12/h7-8,12-13,19H,1-6H2. The Morgan fingerprint density at radius 2 is 1.95 bits per heavy atom. The fourth-order valence-electron chi connectivity index (χ4n) is 3.39. The summed E-state index contributed by atoms with van der Waals surface area (Å²) in [5.41, 5.74) is -0.442. The number of rotatable bonds is 2. The zero-order valence-corrected chi connectivity index (χ0v) is 13.1. The molecular weight excluding hydrogens is 342 g/mol. The Labute approximate surface area is 130 Å². The molecule has 2 aliphatic rings. The van der Waals surface area contributed by atoms with Crippen LogP contribution in [0.25, 0.3) is 0 Å². The molecule has 0 aromatic heterocycles. The van der Waals surface area contributed by atoms with E-state index in [0.717, 1.165) is 44.4 Å². The van der Waals surface area contributed by atoms with Crippen LogP contribution >= 0.6 is 15.9 Å². The molecule has 3 nitrogen and oxygen atoms in total. The number of benzene rings is 1. The molecule has 2 unspecified atom stereocenters. The van der Waals surface area contributed by atoms with Gasteiger partial charge in [-0.25, -0.2) is 8.78 Å². The molecule has 3 rings (SSSR count). The van der Waals surface area contributed by atoms with Crippen molar-refractivity contribution in [2.45, 2.75) is 37.8 Å². The zero-order valence-electron chi connectivity index (χ0n) is 11.5. The summed E-state index contributed by atoms with van der Waals surface area (Å²) in [4.78, 5) is 14.2. The van der Waals surface area contributed by atoms with E-state index in [1.54, 1.807) is 4.90 Å². The lowest BCUT2D eigenvalue weighted by molar-refractivity contribution is 0.0701. The summed E-state index contributed by atoms with van der Waals surface area (Å²) in [5.74, 6) is -2.15. The quantitative estimate of drug-likeness (QED) is 0.880. The van der Waals surface area contributed by atoms with Gasteiger partial charge in [-0.1, -0.05) is 15.9 Å². The maximum Gasteiger partial charge on any atom is 0.260 e. The summed E-state index contributed by atoms with van der Waals surface area (Å²) in [6.45, 7) is 1.51. The second-order valence-corrected chi connectivity index (χ2v) is 6.57. The van der Waals surface area contributed by atoms with Gasteiger partial charge in [-0.2, -0.15) is 0 Å². The molecule has 1 N–H and O–H groups in total. The number of halogens is 3. The van der Waals surface area contributed by atoms with Crippen LogP contribution in [0.4, 0.5) is 8.78 Å². The molecule has 2 saturated heterocycles. The molecule has 0 spiro atoms. The number of nitrogens with one attached hydrogen (secondary N) is 1. The summed E-state index contributed by atoms with van der Waals surface area (Å²) in [5, 5.41) is 3.38. The number of likely N-dealkylation sites (tertiary alicyclic amines) is 1. The third-order valence-corrected chi connectivity index (χ3v) is 4.80. The first-order chi connectivity index (χ1) is 10.1. The third-order valence-electron chi connectivity index (χ3n) is 4.34. The highest BCUT2D eigenvalue weighted by molar-refractivity contribution is 9.10. The van der Waals surface area contributed by atoms with Crippen molar-refractivity contribution in [2.24, 2.45) is 0 Å². The molecule has 0 radical (unpaired) electrons. The Morgan fingerprint density at radius 3 is 2.57 bits per heavy atom. The van der Waals surface area contributed by atoms with E-state index in [-0.39, 0.29) is 12.1 Å². The van der Waals surface area contributed by atoms with E-state index >= 15 is 0 Å². The number of carbonyl (C=O) groups is 1. The predicted octanol–water partition coefficient (Wildman–Crippen LogP) is 3.08. The van der Waals surface area contributed by atoms with Gasteiger partial charge in [-0.3, -0.25) is 4.79 Å². The van der Waals surface area contributed by atoms with Gasteiger partial charge in [0.15, 0.2) is 0 Å². The van der Waals surface area contributed by atoms with Gasteiger partial charge < -0.3 is 10.2 Å². The van der Waals surface area contributed by atoms with Crippen LogP contribution in [0.1, 0.15) is 36.0 Å². The minimum atomic E-state index is -0.808. The van der Waals surface area contributed by atoms with Crippen molar-refractivity contribution in [1.82, 2.24) is 10.2 Å². The summed E-state index contributed by atoms with van der Waals surface area (Å²) in [6, 6.07) is 2.56. The molecule has 1 aromatic rings. The Morgan fingerprint density at radius 1 is 1.24 bits per heavy atom. The van der Waals surface area contributed by atoms with Gasteiger partial charge >= 0.3 is 0 Å². The van der Waals surface area contributed by atoms with Gasteiger partial charge in [0.25, 0.3) is 5.91 Å². The average molecular weight is 359 g/mol. The van der Waals surface area contributed by atoms with E-state index in [0.29, 0.717) is 11.0 Å². The average Bonchev–Trinajstić information content (AvgIpc) is 3.08. The maximum absolute atomic E-state index is 14.0. The topological polar surface area (TPSA) is 32.3 Å². The molecule has 1 amide bonds. The highest BCUT2D eigenvalue weighted by Crippen LogP contribution is 2.28. The van der Waals surface area contributed by atoms with Crippen LogP contribution in [0.5, 0.6) is 0 Å². The van der Waals surface area contributed by atoms with E-state index in [1.165, 1.54) is 0 Å². The zero-order chi connectivity index (χ0) is 15.0. The molecule has 114 valence electrons. The van der Waals surface area contributed by atoms with Crippen molar-refractivity contribution in [3.63, 3.8) is 0 Å². The molecule has 2 aliphatic heterocycles. The third kappa shape index (κ3) is 2.83. The van der Waals surface area contributed by atoms with E-state index in [9.17, 15) is 13.6 Å². The Bertz CT molecular complexity index is 538. The molecule has 2 fully saturated rings. The molecule has 2 heterocycles. The van der Waals surface area contributed by atoms with Crippen molar-refractivity contribution >= 4 is 21.8 Å². The van der Waals surface area contributed by atoms with Crippen molar-refractivity contribution in [1.29, 1.82) is 0 Å². The largest absolute Gasteiger partial charge is 0.334 e. The first-order valence-corrected chi connectivity index (χ1v) is 8.06. The molecule has 1 aromatic carbocycles. The van der Waals surface area contributed by atoms with Crippen LogP contribution in [-0.2, 0) is 0 Å². The van der Waals surface area contributed by atoms with Gasteiger partial charge in [0.1, 0.15) is 17.2 Å². The van der Waals surface area contributed by atoms with Crippen LogP contribution < -0.4 is 5.32 Å². The van der Waals surface area contributed by atoms with Crippen LogP contribution in [-0.4, -0.2) is 36.0 Å². The Hall–Kier alpha value is -1.01. The van der Waals surface area contributed by atoms with Crippen LogP contribution in [0.2, 0.25) is 0 Å². The minimum Gasteiger partial charge on any atom is -0.334 e. The van der Waals surface area contributed by atoms with Crippen molar-refractivity contribution in [3.05, 3.63) is 33.8 Å². The fourth-order valence-corrected chi connectivity index (χ4v) is 3.79. The van der Waals surface area contributed by atoms with Gasteiger partial charge in [0, 0.05) is 23.1 Å². The lowest BCUT2D eigenvalue weighted by atomic mass is 10.0. The summed E-state index contributed by atoms with van der Waals surface area (Å²) >= 11 is 3.03. The van der Waals surface area contributed by atoms with Crippen LogP contribution in [0.15, 0.2) is 16.6 Å². The minimum absolute atomic E-state index is 0.0439. The Kier molecular flexibility index (Phi) is 4.26. The summed E-state index contributed by atoms with van der Waals surface area (Å²) < 4.78 is 28.3. The number of hydrogen-bond acceptors (Lipinski definition) is 2. The summed E-state index contributed by atoms with van der Waals surface area (Å²) in [7, 11) is 0. The van der Waals surface area contributed by atoms with E-state index < -0.39 is 23.1 Å². The number of amides is 1. The maximum atomic E-state index is 14.0. The molecule has 0 aliphatic carbocycles.